The van der Waals surface area contributed by atoms with Crippen molar-refractivity contribution in [3.63, 3.8) is 0 Å². The Morgan fingerprint density at radius 2 is 2.00 bits per heavy atom. The van der Waals surface area contributed by atoms with Gasteiger partial charge in [0, 0.05) is 25.6 Å². The van der Waals surface area contributed by atoms with Gasteiger partial charge in [0.15, 0.2) is 5.82 Å². The molecule has 0 bridgehead atoms. The molecule has 1 aliphatic rings. The molecule has 1 aromatic carbocycles. The largest absolute Gasteiger partial charge is 0.315 e. The van der Waals surface area contributed by atoms with Gasteiger partial charge in [-0.15, -0.1) is 5.10 Å². The molecule has 0 aliphatic heterocycles. The fourth-order valence-electron chi connectivity index (χ4n) is 3.39. The van der Waals surface area contributed by atoms with Gasteiger partial charge in [-0.1, -0.05) is 42.5 Å². The summed E-state index contributed by atoms with van der Waals surface area (Å²) >= 11 is 12.0. The Kier molecular flexibility index (Phi) is 6.48. The van der Waals surface area contributed by atoms with Crippen LogP contribution in [0.4, 0.5) is 5.69 Å². The molecular weight excluding hydrogens is 373 g/mol. The normalized spacial score (nSPS) is 15.2. The summed E-state index contributed by atoms with van der Waals surface area (Å²) in [4.78, 5) is 14.0. The lowest BCUT2D eigenvalue weighted by molar-refractivity contribution is -0.118. The molecule has 1 fully saturated rings. The summed E-state index contributed by atoms with van der Waals surface area (Å²) in [5.74, 6) is 0.905. The summed E-state index contributed by atoms with van der Waals surface area (Å²) < 4.78 is 1.96. The summed E-state index contributed by atoms with van der Waals surface area (Å²) in [7, 11) is 1.74. The zero-order valence-corrected chi connectivity index (χ0v) is 16.4. The van der Waals surface area contributed by atoms with E-state index in [2.05, 4.69) is 15.5 Å². The molecule has 1 aromatic heterocycles. The predicted molar refractivity (Wildman–Crippen MR) is 103 cm³/mol. The van der Waals surface area contributed by atoms with Crippen LogP contribution in [0.1, 0.15) is 56.8 Å². The molecule has 1 saturated carbocycles. The minimum Gasteiger partial charge on any atom is -0.315 e. The molecule has 0 saturated heterocycles. The van der Waals surface area contributed by atoms with Crippen LogP contribution in [-0.2, 0) is 11.2 Å². The number of hydrogen-bond acceptors (Lipinski definition) is 4. The minimum absolute atomic E-state index is 0.0279. The Labute approximate surface area is 163 Å². The third-order valence-corrected chi connectivity index (χ3v) is 5.68. The average Bonchev–Trinajstić information content (AvgIpc) is 3.12. The second-order valence-electron chi connectivity index (χ2n) is 6.74. The number of halogens is 2. The molecule has 1 amide bonds. The number of carbonyl (C=O) groups is 1. The summed E-state index contributed by atoms with van der Waals surface area (Å²) in [5.41, 5.74) is 0.733. The fraction of sp³-hybridized carbons (Fsp3) is 0.556. The number of amides is 1. The van der Waals surface area contributed by atoms with Crippen molar-refractivity contribution in [1.29, 1.82) is 0 Å². The first kappa shape index (κ1) is 19.1. The Bertz CT molecular complexity index is 758. The van der Waals surface area contributed by atoms with Crippen LogP contribution in [-0.4, -0.2) is 33.2 Å². The maximum Gasteiger partial charge on any atom is 0.226 e. The predicted octanol–water partition coefficient (Wildman–Crippen LogP) is 4.47. The van der Waals surface area contributed by atoms with Gasteiger partial charge in [0.25, 0.3) is 0 Å². The molecule has 0 unspecified atom stereocenters. The molecule has 8 heteroatoms. The van der Waals surface area contributed by atoms with Crippen molar-refractivity contribution < 1.29 is 4.79 Å². The first-order valence-corrected chi connectivity index (χ1v) is 9.80. The van der Waals surface area contributed by atoms with Gasteiger partial charge < -0.3 is 4.90 Å². The number of nitrogens with zero attached hydrogens (tertiary/aromatic N) is 5. The number of hydrogen-bond donors (Lipinski definition) is 0. The lowest BCUT2D eigenvalue weighted by Gasteiger charge is -2.22. The van der Waals surface area contributed by atoms with Crippen LogP contribution in [0.15, 0.2) is 18.2 Å². The smallest absolute Gasteiger partial charge is 0.226 e. The van der Waals surface area contributed by atoms with E-state index in [0.29, 0.717) is 35.3 Å². The lowest BCUT2D eigenvalue weighted by atomic mass is 9.95. The molecule has 6 nitrogen and oxygen atoms in total. The summed E-state index contributed by atoms with van der Waals surface area (Å²) in [6.07, 6.45) is 7.86. The molecule has 0 atom stereocenters. The average molecular weight is 396 g/mol. The molecular formula is C18H23Cl2N5O. The van der Waals surface area contributed by atoms with E-state index in [4.69, 9.17) is 23.2 Å². The van der Waals surface area contributed by atoms with Crippen LogP contribution < -0.4 is 4.90 Å². The molecule has 26 heavy (non-hydrogen) atoms. The minimum atomic E-state index is 0.0279. The number of rotatable bonds is 6. The Hall–Kier alpha value is -1.66. The number of aryl methyl sites for hydroxylation is 1. The van der Waals surface area contributed by atoms with Crippen molar-refractivity contribution in [3.05, 3.63) is 34.1 Å². The van der Waals surface area contributed by atoms with Crippen LogP contribution in [0.2, 0.25) is 10.0 Å². The third-order valence-electron chi connectivity index (χ3n) is 4.94. The second kappa shape index (κ2) is 8.82. The summed E-state index contributed by atoms with van der Waals surface area (Å²) in [6.45, 7) is 0. The molecule has 140 valence electrons. The van der Waals surface area contributed by atoms with E-state index in [1.54, 1.807) is 30.1 Å². The van der Waals surface area contributed by atoms with Crippen molar-refractivity contribution >= 4 is 34.8 Å². The Morgan fingerprint density at radius 3 is 2.73 bits per heavy atom. The van der Waals surface area contributed by atoms with Crippen LogP contribution in [0.25, 0.3) is 0 Å². The summed E-state index contributed by atoms with van der Waals surface area (Å²) in [6, 6.07) is 5.59. The SMILES string of the molecule is CN(C(=O)CCCc1nnnn1C1CCCCC1)c1ccc(Cl)c(Cl)c1. The monoisotopic (exact) mass is 395 g/mol. The Balaban J connectivity index is 1.54. The fourth-order valence-corrected chi connectivity index (χ4v) is 3.68. The third kappa shape index (κ3) is 4.54. The van der Waals surface area contributed by atoms with E-state index >= 15 is 0 Å². The van der Waals surface area contributed by atoms with Crippen molar-refractivity contribution in [2.45, 2.75) is 57.4 Å². The van der Waals surface area contributed by atoms with Crippen LogP contribution in [0.5, 0.6) is 0 Å². The molecule has 0 N–H and O–H groups in total. The van der Waals surface area contributed by atoms with Gasteiger partial charge in [-0.25, -0.2) is 4.68 Å². The van der Waals surface area contributed by atoms with E-state index in [-0.39, 0.29) is 5.91 Å². The van der Waals surface area contributed by atoms with Gasteiger partial charge in [-0.2, -0.15) is 0 Å². The molecule has 3 rings (SSSR count). The standard InChI is InChI=1S/C18H23Cl2N5O/c1-24(14-10-11-15(19)16(20)12-14)18(26)9-5-8-17-21-22-23-25(17)13-6-3-2-4-7-13/h10-13H,2-9H2,1H3. The zero-order valence-electron chi connectivity index (χ0n) is 14.9. The van der Waals surface area contributed by atoms with Gasteiger partial charge in [-0.3, -0.25) is 4.79 Å². The number of carbonyl (C=O) groups excluding carboxylic acids is 1. The first-order valence-electron chi connectivity index (χ1n) is 9.04. The van der Waals surface area contributed by atoms with Gasteiger partial charge in [0.1, 0.15) is 0 Å². The highest BCUT2D eigenvalue weighted by molar-refractivity contribution is 6.42. The van der Waals surface area contributed by atoms with Crippen LogP contribution in [0, 0.1) is 0 Å². The lowest BCUT2D eigenvalue weighted by Crippen LogP contribution is -2.26. The van der Waals surface area contributed by atoms with Crippen molar-refractivity contribution in [2.24, 2.45) is 0 Å². The highest BCUT2D eigenvalue weighted by Crippen LogP contribution is 2.29. The first-order chi connectivity index (χ1) is 12.6. The zero-order chi connectivity index (χ0) is 18.5. The van der Waals surface area contributed by atoms with E-state index in [1.807, 2.05) is 4.68 Å². The number of benzene rings is 1. The van der Waals surface area contributed by atoms with E-state index < -0.39 is 0 Å². The van der Waals surface area contributed by atoms with Crippen LogP contribution in [0.3, 0.4) is 0 Å². The van der Waals surface area contributed by atoms with E-state index in [9.17, 15) is 4.79 Å². The molecule has 2 aromatic rings. The van der Waals surface area contributed by atoms with E-state index in [1.165, 1.54) is 19.3 Å². The molecule has 0 radical (unpaired) electrons. The molecule has 0 spiro atoms. The number of aromatic nitrogens is 4. The van der Waals surface area contributed by atoms with Crippen molar-refractivity contribution in [2.75, 3.05) is 11.9 Å². The topological polar surface area (TPSA) is 63.9 Å². The van der Waals surface area contributed by atoms with Crippen molar-refractivity contribution in [1.82, 2.24) is 20.2 Å². The van der Waals surface area contributed by atoms with Gasteiger partial charge in [0.05, 0.1) is 16.1 Å². The second-order valence-corrected chi connectivity index (χ2v) is 7.55. The number of anilines is 1. The van der Waals surface area contributed by atoms with Crippen molar-refractivity contribution in [3.8, 4) is 0 Å². The highest BCUT2D eigenvalue weighted by Gasteiger charge is 2.20. The number of tetrazole rings is 1. The quantitative estimate of drug-likeness (QED) is 0.723. The Morgan fingerprint density at radius 1 is 1.23 bits per heavy atom. The maximum absolute atomic E-state index is 12.4. The molecule has 1 heterocycles. The highest BCUT2D eigenvalue weighted by atomic mass is 35.5. The maximum atomic E-state index is 12.4. The van der Waals surface area contributed by atoms with Gasteiger partial charge in [0.2, 0.25) is 5.91 Å². The van der Waals surface area contributed by atoms with E-state index in [0.717, 1.165) is 24.4 Å². The van der Waals surface area contributed by atoms with Gasteiger partial charge in [-0.05, 0) is 47.9 Å². The molecule has 1 aliphatic carbocycles. The van der Waals surface area contributed by atoms with Gasteiger partial charge >= 0.3 is 0 Å². The van der Waals surface area contributed by atoms with Crippen LogP contribution >= 0.6 is 23.2 Å². The summed E-state index contributed by atoms with van der Waals surface area (Å²) in [5, 5.41) is 13.1.